The second-order valence-electron chi connectivity index (χ2n) is 16.0. The summed E-state index contributed by atoms with van der Waals surface area (Å²) in [6.45, 7) is 8.11. The molecule has 0 aliphatic heterocycles. The van der Waals surface area contributed by atoms with Crippen LogP contribution in [-0.2, 0) is 50.3 Å². The SMILES string of the molecule is CCCCCC(=O)/C=C/C=C\C/C=C\C/C=C\CCCC(=O)O[C@H](COC(=O)CCCCCCCCc1oc(CCC)c(C)c1C)COP(=O)([O-])OCC[N+](C)(C)C. The number of furan rings is 1. The summed E-state index contributed by atoms with van der Waals surface area (Å²) in [6, 6.07) is 0. The normalized spacial score (nSPS) is 13.9. The Balaban J connectivity index is 2.43. The van der Waals surface area contributed by atoms with Gasteiger partial charge in [-0.3, -0.25) is 18.9 Å². The van der Waals surface area contributed by atoms with Gasteiger partial charge in [-0.2, -0.15) is 0 Å². The number of unbranched alkanes of at least 4 members (excludes halogenated alkanes) is 8. The van der Waals surface area contributed by atoms with Gasteiger partial charge in [-0.05, 0) is 82.4 Å². The Hall–Kier alpha value is -3.08. The van der Waals surface area contributed by atoms with Gasteiger partial charge in [0.2, 0.25) is 0 Å². The van der Waals surface area contributed by atoms with Gasteiger partial charge < -0.3 is 32.3 Å². The van der Waals surface area contributed by atoms with Crippen LogP contribution in [0.1, 0.15) is 146 Å². The Morgan fingerprint density at radius 1 is 0.707 bits per heavy atom. The van der Waals surface area contributed by atoms with E-state index in [-0.39, 0.29) is 31.8 Å². The van der Waals surface area contributed by atoms with E-state index < -0.39 is 32.5 Å². The Morgan fingerprint density at radius 3 is 2.02 bits per heavy atom. The van der Waals surface area contributed by atoms with E-state index in [0.717, 1.165) is 95.0 Å². The second-order valence-corrected chi connectivity index (χ2v) is 17.4. The van der Waals surface area contributed by atoms with Crippen molar-refractivity contribution in [2.24, 2.45) is 0 Å². The van der Waals surface area contributed by atoms with E-state index in [4.69, 9.17) is 22.9 Å². The number of hydrogen-bond acceptors (Lipinski definition) is 10. The number of aryl methyl sites for hydroxylation is 2. The van der Waals surface area contributed by atoms with Gasteiger partial charge in [0.1, 0.15) is 31.3 Å². The van der Waals surface area contributed by atoms with E-state index in [1.54, 1.807) is 12.2 Å². The van der Waals surface area contributed by atoms with E-state index in [9.17, 15) is 23.8 Å². The first-order valence-corrected chi connectivity index (χ1v) is 23.1. The number of ketones is 1. The lowest BCUT2D eigenvalue weighted by Crippen LogP contribution is -2.37. The summed E-state index contributed by atoms with van der Waals surface area (Å²) < 4.78 is 39.9. The zero-order valence-corrected chi connectivity index (χ0v) is 37.8. The molecule has 0 N–H and O–H groups in total. The van der Waals surface area contributed by atoms with Gasteiger partial charge in [0.15, 0.2) is 11.9 Å². The van der Waals surface area contributed by atoms with Gasteiger partial charge in [-0.1, -0.05) is 94.9 Å². The molecule has 1 rings (SSSR count). The number of quaternary nitrogens is 1. The fourth-order valence-corrected chi connectivity index (χ4v) is 6.55. The highest BCUT2D eigenvalue weighted by atomic mass is 31.2. The summed E-state index contributed by atoms with van der Waals surface area (Å²) in [7, 11) is 1.06. The Morgan fingerprint density at radius 2 is 1.33 bits per heavy atom. The van der Waals surface area contributed by atoms with Crippen molar-refractivity contribution in [3.63, 3.8) is 0 Å². The molecule has 58 heavy (non-hydrogen) atoms. The summed E-state index contributed by atoms with van der Waals surface area (Å²) in [4.78, 5) is 49.3. The highest BCUT2D eigenvalue weighted by Gasteiger charge is 2.22. The van der Waals surface area contributed by atoms with Crippen LogP contribution in [0.3, 0.4) is 0 Å². The molecule has 12 heteroatoms. The smallest absolute Gasteiger partial charge is 0.306 e. The number of phosphoric acid groups is 1. The predicted octanol–water partition coefficient (Wildman–Crippen LogP) is 10.1. The molecule has 0 saturated carbocycles. The van der Waals surface area contributed by atoms with E-state index in [1.807, 2.05) is 45.4 Å². The molecule has 1 heterocycles. The first-order chi connectivity index (χ1) is 27.7. The van der Waals surface area contributed by atoms with Gasteiger partial charge in [0, 0.05) is 32.1 Å². The highest BCUT2D eigenvalue weighted by molar-refractivity contribution is 7.45. The van der Waals surface area contributed by atoms with Crippen molar-refractivity contribution in [3.8, 4) is 0 Å². The van der Waals surface area contributed by atoms with Crippen LogP contribution in [0.25, 0.3) is 0 Å². The molecule has 0 bridgehead atoms. The van der Waals surface area contributed by atoms with Crippen molar-refractivity contribution in [1.82, 2.24) is 0 Å². The summed E-state index contributed by atoms with van der Waals surface area (Å²) in [6.07, 6.45) is 29.9. The minimum absolute atomic E-state index is 0.0621. The maximum Gasteiger partial charge on any atom is 0.306 e. The minimum atomic E-state index is -4.67. The van der Waals surface area contributed by atoms with Crippen molar-refractivity contribution >= 4 is 25.5 Å². The molecule has 2 atom stereocenters. The number of phosphoric ester groups is 1. The molecule has 1 unspecified atom stereocenters. The third-order valence-electron chi connectivity index (χ3n) is 9.50. The molecule has 0 aliphatic carbocycles. The summed E-state index contributed by atoms with van der Waals surface area (Å²) >= 11 is 0. The van der Waals surface area contributed by atoms with E-state index in [1.165, 1.54) is 11.1 Å². The van der Waals surface area contributed by atoms with Crippen LogP contribution < -0.4 is 4.89 Å². The van der Waals surface area contributed by atoms with Crippen molar-refractivity contribution in [2.45, 2.75) is 156 Å². The topological polar surface area (TPSA) is 141 Å². The second kappa shape index (κ2) is 31.8. The number of likely N-dealkylation sites (N-methyl/N-ethyl adjacent to an activating group) is 1. The van der Waals surface area contributed by atoms with Gasteiger partial charge in [0.05, 0.1) is 27.7 Å². The molecule has 330 valence electrons. The third kappa shape index (κ3) is 28.4. The molecule has 0 radical (unpaired) electrons. The zero-order valence-electron chi connectivity index (χ0n) is 36.9. The molecule has 1 aromatic rings. The number of ether oxygens (including phenoxy) is 2. The maximum atomic E-state index is 12.7. The summed E-state index contributed by atoms with van der Waals surface area (Å²) in [5, 5.41) is 0. The lowest BCUT2D eigenvalue weighted by molar-refractivity contribution is -0.870. The molecule has 0 aromatic carbocycles. The maximum absolute atomic E-state index is 12.7. The number of carbonyl (C=O) groups excluding carboxylic acids is 3. The number of hydrogen-bond donors (Lipinski definition) is 0. The van der Waals surface area contributed by atoms with Crippen LogP contribution in [0, 0.1) is 13.8 Å². The molecule has 0 saturated heterocycles. The number of nitrogens with zero attached hydrogens (tertiary/aromatic N) is 1. The number of rotatable bonds is 35. The zero-order chi connectivity index (χ0) is 43.1. The monoisotopic (exact) mass is 834 g/mol. The van der Waals surface area contributed by atoms with Crippen LogP contribution >= 0.6 is 7.82 Å². The van der Waals surface area contributed by atoms with Gasteiger partial charge in [-0.25, -0.2) is 0 Å². The highest BCUT2D eigenvalue weighted by Crippen LogP contribution is 2.38. The molecule has 11 nitrogen and oxygen atoms in total. The van der Waals surface area contributed by atoms with Crippen molar-refractivity contribution in [2.75, 3.05) is 47.5 Å². The molecule has 0 aliphatic rings. The van der Waals surface area contributed by atoms with Crippen molar-refractivity contribution < 1.29 is 51.3 Å². The molecular weight excluding hydrogens is 757 g/mol. The van der Waals surface area contributed by atoms with Crippen LogP contribution in [0.5, 0.6) is 0 Å². The summed E-state index contributed by atoms with van der Waals surface area (Å²) in [5.74, 6) is 1.41. The molecule has 0 fully saturated rings. The fraction of sp³-hybridized carbons (Fsp3) is 0.674. The first kappa shape index (κ1) is 52.9. The average molecular weight is 834 g/mol. The lowest BCUT2D eigenvalue weighted by atomic mass is 10.0. The van der Waals surface area contributed by atoms with Crippen LogP contribution in [0.15, 0.2) is 53.0 Å². The van der Waals surface area contributed by atoms with Crippen LogP contribution in [0.4, 0.5) is 0 Å². The largest absolute Gasteiger partial charge is 0.756 e. The number of carbonyl (C=O) groups is 3. The standard InChI is InChI=1S/C46H76NO10P/c1-8-10-24-30-41(48)31-25-20-16-14-12-11-13-15-17-23-28-34-46(50)56-42(38-55-58(51,52)54-36-35-47(5,6)7)37-53-45(49)33-27-22-19-18-21-26-32-44-40(4)39(3)43(57-44)29-9-2/h11-12,15-17,20,25,31,42H,8-10,13-14,18-19,21-24,26-30,32-38H2,1-7H3/b12-11-,17-15-,20-16-,31-25+/t42-/m1/s1. The Kier molecular flexibility index (Phi) is 29.0. The van der Waals surface area contributed by atoms with E-state index in [0.29, 0.717) is 36.7 Å². The number of esters is 2. The van der Waals surface area contributed by atoms with Gasteiger partial charge >= 0.3 is 11.9 Å². The minimum Gasteiger partial charge on any atom is -0.756 e. The first-order valence-electron chi connectivity index (χ1n) is 21.7. The van der Waals surface area contributed by atoms with E-state index in [2.05, 4.69) is 39.8 Å². The predicted molar refractivity (Wildman–Crippen MR) is 230 cm³/mol. The Labute approximate surface area is 350 Å². The number of allylic oxidation sites excluding steroid dienone is 8. The van der Waals surface area contributed by atoms with Crippen molar-refractivity contribution in [3.05, 3.63) is 71.3 Å². The van der Waals surface area contributed by atoms with Gasteiger partial charge in [-0.15, -0.1) is 0 Å². The quantitative estimate of drug-likeness (QED) is 0.0123. The molecule has 0 amide bonds. The molecular formula is C46H76NO10P. The van der Waals surface area contributed by atoms with Crippen LogP contribution in [0.2, 0.25) is 0 Å². The van der Waals surface area contributed by atoms with Gasteiger partial charge in [0.25, 0.3) is 7.82 Å². The Bertz CT molecular complexity index is 1470. The third-order valence-corrected chi connectivity index (χ3v) is 10.5. The molecule has 1 aromatic heterocycles. The summed E-state index contributed by atoms with van der Waals surface area (Å²) in [5.41, 5.74) is 2.56. The fourth-order valence-electron chi connectivity index (χ4n) is 5.82. The van der Waals surface area contributed by atoms with Crippen LogP contribution in [-0.4, -0.2) is 75.8 Å². The average Bonchev–Trinajstić information content (AvgIpc) is 3.42. The molecule has 0 spiro atoms. The van der Waals surface area contributed by atoms with Crippen molar-refractivity contribution in [1.29, 1.82) is 0 Å². The lowest BCUT2D eigenvalue weighted by Gasteiger charge is -2.28. The van der Waals surface area contributed by atoms with E-state index >= 15 is 0 Å².